The van der Waals surface area contributed by atoms with Crippen molar-refractivity contribution in [1.82, 2.24) is 9.97 Å². The summed E-state index contributed by atoms with van der Waals surface area (Å²) in [7, 11) is 1.33. The molecule has 7 heteroatoms. The van der Waals surface area contributed by atoms with Gasteiger partial charge in [-0.3, -0.25) is 0 Å². The van der Waals surface area contributed by atoms with Crippen molar-refractivity contribution in [3.05, 3.63) is 47.3 Å². The molecule has 1 aliphatic heterocycles. The lowest BCUT2D eigenvalue weighted by atomic mass is 10.1. The number of aryl methyl sites for hydroxylation is 1. The molecule has 3 rings (SSSR count). The molecule has 1 saturated heterocycles. The fourth-order valence-corrected chi connectivity index (χ4v) is 3.02. The van der Waals surface area contributed by atoms with Gasteiger partial charge in [0.2, 0.25) is 5.95 Å². The van der Waals surface area contributed by atoms with Crippen molar-refractivity contribution in [3.8, 4) is 5.75 Å². The van der Waals surface area contributed by atoms with E-state index in [1.807, 2.05) is 17.9 Å². The molecular weight excluding hydrogens is 337 g/mol. The van der Waals surface area contributed by atoms with Gasteiger partial charge in [-0.1, -0.05) is 18.2 Å². The lowest BCUT2D eigenvalue weighted by Crippen LogP contribution is -2.25. The summed E-state index contributed by atoms with van der Waals surface area (Å²) in [5, 5.41) is 0. The molecule has 0 aliphatic carbocycles. The summed E-state index contributed by atoms with van der Waals surface area (Å²) >= 11 is 0. The normalized spacial score (nSPS) is 16.6. The molecule has 1 atom stereocenters. The third-order valence-corrected chi connectivity index (χ3v) is 4.40. The van der Waals surface area contributed by atoms with Crippen molar-refractivity contribution in [1.29, 1.82) is 0 Å². The van der Waals surface area contributed by atoms with Crippen LogP contribution < -0.4 is 9.64 Å². The third-order valence-electron chi connectivity index (χ3n) is 4.40. The predicted molar refractivity (Wildman–Crippen MR) is 95.2 cm³/mol. The maximum absolute atomic E-state index is 13.0. The van der Waals surface area contributed by atoms with Gasteiger partial charge in [0.05, 0.1) is 13.7 Å². The van der Waals surface area contributed by atoms with Crippen molar-refractivity contribution >= 4 is 11.9 Å². The van der Waals surface area contributed by atoms with Gasteiger partial charge in [-0.25, -0.2) is 19.2 Å². The molecular formula is C19H22FN3O3. The maximum Gasteiger partial charge on any atom is 0.356 e. The molecule has 1 aromatic carbocycles. The van der Waals surface area contributed by atoms with Crippen LogP contribution in [-0.2, 0) is 11.4 Å². The average Bonchev–Trinajstić information content (AvgIpc) is 3.14. The number of rotatable bonds is 6. The van der Waals surface area contributed by atoms with Crippen molar-refractivity contribution < 1.29 is 18.7 Å². The Hall–Kier alpha value is -2.70. The SMILES string of the molecule is COC(=O)c1cc(C)nc(N2CCC(COc3ccccc3CF)C2)n1. The molecule has 1 aliphatic rings. The highest BCUT2D eigenvalue weighted by atomic mass is 19.1. The molecule has 0 radical (unpaired) electrons. The van der Waals surface area contributed by atoms with Crippen LogP contribution in [0, 0.1) is 12.8 Å². The highest BCUT2D eigenvalue weighted by Crippen LogP contribution is 2.24. The zero-order chi connectivity index (χ0) is 18.5. The summed E-state index contributed by atoms with van der Waals surface area (Å²) in [5.41, 5.74) is 1.53. The second kappa shape index (κ2) is 8.12. The standard InChI is InChI=1S/C19H22FN3O3/c1-13-9-16(18(24)25-2)22-19(21-13)23-8-7-14(11-23)12-26-17-6-4-3-5-15(17)10-20/h3-6,9,14H,7-8,10-12H2,1-2H3. The van der Waals surface area contributed by atoms with Crippen molar-refractivity contribution in [2.24, 2.45) is 5.92 Å². The fourth-order valence-electron chi connectivity index (χ4n) is 3.02. The van der Waals surface area contributed by atoms with E-state index in [9.17, 15) is 9.18 Å². The van der Waals surface area contributed by atoms with E-state index >= 15 is 0 Å². The van der Waals surface area contributed by atoms with Crippen LogP contribution in [0.5, 0.6) is 5.75 Å². The highest BCUT2D eigenvalue weighted by molar-refractivity contribution is 5.87. The lowest BCUT2D eigenvalue weighted by molar-refractivity contribution is 0.0593. The van der Waals surface area contributed by atoms with Crippen molar-refractivity contribution in [3.63, 3.8) is 0 Å². The number of carbonyl (C=O) groups excluding carboxylic acids is 1. The number of halogens is 1. The number of hydrogen-bond acceptors (Lipinski definition) is 6. The van der Waals surface area contributed by atoms with Crippen LogP contribution in [0.4, 0.5) is 10.3 Å². The Morgan fingerprint density at radius 1 is 1.35 bits per heavy atom. The number of carbonyl (C=O) groups is 1. The minimum Gasteiger partial charge on any atom is -0.493 e. The summed E-state index contributed by atoms with van der Waals surface area (Å²) in [5.74, 6) is 0.928. The fraction of sp³-hybridized carbons (Fsp3) is 0.421. The van der Waals surface area contributed by atoms with Gasteiger partial charge in [0.25, 0.3) is 0 Å². The first kappa shape index (κ1) is 18.1. The Morgan fingerprint density at radius 3 is 2.92 bits per heavy atom. The Kier molecular flexibility index (Phi) is 5.65. The van der Waals surface area contributed by atoms with Gasteiger partial charge in [0.1, 0.15) is 12.4 Å². The van der Waals surface area contributed by atoms with Crippen LogP contribution in [-0.4, -0.2) is 42.7 Å². The molecule has 26 heavy (non-hydrogen) atoms. The third kappa shape index (κ3) is 4.09. The average molecular weight is 359 g/mol. The Bertz CT molecular complexity index is 784. The van der Waals surface area contributed by atoms with Crippen LogP contribution in [0.15, 0.2) is 30.3 Å². The molecule has 138 valence electrons. The number of aromatic nitrogens is 2. The molecule has 0 amide bonds. The zero-order valence-corrected chi connectivity index (χ0v) is 14.9. The number of para-hydroxylation sites is 1. The lowest BCUT2D eigenvalue weighted by Gasteiger charge is -2.18. The number of nitrogens with zero attached hydrogens (tertiary/aromatic N) is 3. The number of ether oxygens (including phenoxy) is 2. The van der Waals surface area contributed by atoms with Gasteiger partial charge in [0, 0.05) is 30.3 Å². The Morgan fingerprint density at radius 2 is 2.15 bits per heavy atom. The molecule has 1 fully saturated rings. The minimum atomic E-state index is -0.541. The van der Waals surface area contributed by atoms with E-state index in [-0.39, 0.29) is 11.6 Å². The van der Waals surface area contributed by atoms with E-state index in [0.717, 1.165) is 19.5 Å². The number of alkyl halides is 1. The zero-order valence-electron chi connectivity index (χ0n) is 14.9. The van der Waals surface area contributed by atoms with E-state index in [2.05, 4.69) is 9.97 Å². The van der Waals surface area contributed by atoms with Crippen molar-refractivity contribution in [2.45, 2.75) is 20.0 Å². The number of esters is 1. The van der Waals surface area contributed by atoms with Gasteiger partial charge in [-0.2, -0.15) is 0 Å². The predicted octanol–water partition coefficient (Wildman–Crippen LogP) is 2.95. The highest BCUT2D eigenvalue weighted by Gasteiger charge is 2.26. The van der Waals surface area contributed by atoms with Gasteiger partial charge in [-0.05, 0) is 25.5 Å². The number of hydrogen-bond donors (Lipinski definition) is 0. The smallest absolute Gasteiger partial charge is 0.356 e. The van der Waals surface area contributed by atoms with E-state index in [1.165, 1.54) is 7.11 Å². The Labute approximate surface area is 152 Å². The number of anilines is 1. The van der Waals surface area contributed by atoms with Gasteiger partial charge in [0.15, 0.2) is 5.69 Å². The quantitative estimate of drug-likeness (QED) is 0.739. The van der Waals surface area contributed by atoms with E-state index in [1.54, 1.807) is 24.3 Å². The minimum absolute atomic E-state index is 0.256. The summed E-state index contributed by atoms with van der Waals surface area (Å²) < 4.78 is 23.6. The molecule has 1 aromatic heterocycles. The maximum atomic E-state index is 13.0. The largest absolute Gasteiger partial charge is 0.493 e. The van der Waals surface area contributed by atoms with Crippen LogP contribution in [0.25, 0.3) is 0 Å². The van der Waals surface area contributed by atoms with Gasteiger partial charge < -0.3 is 14.4 Å². The van der Waals surface area contributed by atoms with Crippen LogP contribution in [0.3, 0.4) is 0 Å². The molecule has 0 spiro atoms. The molecule has 2 aromatic rings. The molecule has 6 nitrogen and oxygen atoms in total. The van der Waals surface area contributed by atoms with Crippen LogP contribution >= 0.6 is 0 Å². The van der Waals surface area contributed by atoms with Gasteiger partial charge in [-0.15, -0.1) is 0 Å². The van der Waals surface area contributed by atoms with Crippen molar-refractivity contribution in [2.75, 3.05) is 31.7 Å². The molecule has 0 N–H and O–H groups in total. The second-order valence-corrected chi connectivity index (χ2v) is 6.34. The van der Waals surface area contributed by atoms with Crippen LogP contribution in [0.2, 0.25) is 0 Å². The molecule has 0 bridgehead atoms. The summed E-state index contributed by atoms with van der Waals surface area (Å²) in [6, 6.07) is 8.76. The molecule has 1 unspecified atom stereocenters. The van der Waals surface area contributed by atoms with E-state index < -0.39 is 12.6 Å². The van der Waals surface area contributed by atoms with E-state index in [0.29, 0.717) is 29.6 Å². The number of benzene rings is 1. The first-order valence-electron chi connectivity index (χ1n) is 8.56. The topological polar surface area (TPSA) is 64.5 Å². The summed E-state index contributed by atoms with van der Waals surface area (Å²) in [6.07, 6.45) is 0.919. The monoisotopic (exact) mass is 359 g/mol. The molecule has 0 saturated carbocycles. The Balaban J connectivity index is 1.63. The van der Waals surface area contributed by atoms with E-state index in [4.69, 9.17) is 9.47 Å². The first-order chi connectivity index (χ1) is 12.6. The summed E-state index contributed by atoms with van der Waals surface area (Å²) in [6.45, 7) is 3.29. The number of methoxy groups -OCH3 is 1. The molecule has 2 heterocycles. The summed E-state index contributed by atoms with van der Waals surface area (Å²) in [4.78, 5) is 22.5. The van der Waals surface area contributed by atoms with Gasteiger partial charge >= 0.3 is 5.97 Å². The second-order valence-electron chi connectivity index (χ2n) is 6.34. The first-order valence-corrected chi connectivity index (χ1v) is 8.56. The van der Waals surface area contributed by atoms with Crippen LogP contribution in [0.1, 0.15) is 28.2 Å².